The van der Waals surface area contributed by atoms with Gasteiger partial charge in [-0.15, -0.1) is 0 Å². The van der Waals surface area contributed by atoms with Crippen molar-refractivity contribution in [3.05, 3.63) is 74.5 Å². The van der Waals surface area contributed by atoms with Gasteiger partial charge in [0.05, 0.1) is 20.4 Å². The Hall–Kier alpha value is -3.52. The molecule has 190 valence electrons. The van der Waals surface area contributed by atoms with E-state index in [1.54, 1.807) is 13.8 Å². The number of rotatable bonds is 10. The number of nitro groups is 1. The molecule has 0 fully saturated rings. The minimum atomic E-state index is -3.66. The van der Waals surface area contributed by atoms with E-state index in [4.69, 9.17) is 23.2 Å². The highest BCUT2D eigenvalue weighted by Gasteiger charge is 2.25. The molecular formula is C21H21Cl2N7O5S. The Balaban J connectivity index is 1.82. The molecule has 0 bridgehead atoms. The topological polar surface area (TPSA) is 159 Å². The van der Waals surface area contributed by atoms with Crippen molar-refractivity contribution >= 4 is 62.1 Å². The predicted octanol–water partition coefficient (Wildman–Crippen LogP) is 4.22. The Bertz CT molecular complexity index is 1380. The molecule has 0 saturated heterocycles. The van der Waals surface area contributed by atoms with Crippen molar-refractivity contribution < 1.29 is 18.1 Å². The van der Waals surface area contributed by atoms with Gasteiger partial charge in [0.2, 0.25) is 21.7 Å². The number of nitrogens with one attached hydrogen (secondary N) is 3. The van der Waals surface area contributed by atoms with Gasteiger partial charge in [-0.05, 0) is 42.5 Å². The van der Waals surface area contributed by atoms with Crippen molar-refractivity contribution in [2.45, 2.75) is 18.7 Å². The van der Waals surface area contributed by atoms with Crippen molar-refractivity contribution in [1.82, 2.24) is 19.7 Å². The van der Waals surface area contributed by atoms with E-state index in [9.17, 15) is 23.3 Å². The predicted molar refractivity (Wildman–Crippen MR) is 136 cm³/mol. The van der Waals surface area contributed by atoms with Gasteiger partial charge in [-0.3, -0.25) is 25.8 Å². The standard InChI is InChI=1S/C21H21Cl2N7O5S/c1-3-29(4-2)36(34,35)15-8-6-14(7-9-15)26-19-18(30(32)33)20(25-12-24-19)27-28-21(31)16-10-5-13(22)11-17(16)23/h5-12H,3-4H2,1-2H3,(H,28,31)(H2,24,25,26,27). The first-order valence-corrected chi connectivity index (χ1v) is 12.7. The second kappa shape index (κ2) is 11.5. The van der Waals surface area contributed by atoms with Crippen LogP contribution in [0, 0.1) is 10.1 Å². The maximum atomic E-state index is 12.7. The Labute approximate surface area is 216 Å². The number of hydrogen-bond acceptors (Lipinski definition) is 9. The number of halogens is 2. The lowest BCUT2D eigenvalue weighted by Crippen LogP contribution is -2.30. The SMILES string of the molecule is CCN(CC)S(=O)(=O)c1ccc(Nc2ncnc(NNC(=O)c3ccc(Cl)cc3Cl)c2[N+](=O)[O-])cc1. The number of carbonyl (C=O) groups is 1. The summed E-state index contributed by atoms with van der Waals surface area (Å²) in [6.07, 6.45) is 1.05. The molecule has 0 radical (unpaired) electrons. The molecule has 3 N–H and O–H groups in total. The molecule has 1 heterocycles. The molecule has 0 spiro atoms. The second-order valence-electron chi connectivity index (χ2n) is 7.12. The zero-order chi connectivity index (χ0) is 26.5. The number of anilines is 3. The molecule has 0 atom stereocenters. The second-order valence-corrected chi connectivity index (χ2v) is 9.90. The molecule has 0 saturated carbocycles. The van der Waals surface area contributed by atoms with E-state index in [0.29, 0.717) is 23.8 Å². The lowest BCUT2D eigenvalue weighted by Gasteiger charge is -2.18. The van der Waals surface area contributed by atoms with Gasteiger partial charge in [-0.2, -0.15) is 4.31 Å². The Morgan fingerprint density at radius 3 is 2.28 bits per heavy atom. The van der Waals surface area contributed by atoms with Crippen LogP contribution < -0.4 is 16.2 Å². The number of hydrazine groups is 1. The van der Waals surface area contributed by atoms with Crippen LogP contribution >= 0.6 is 23.2 Å². The van der Waals surface area contributed by atoms with Crippen molar-refractivity contribution in [2.75, 3.05) is 23.8 Å². The molecular weight excluding hydrogens is 533 g/mol. The van der Waals surface area contributed by atoms with E-state index in [1.807, 2.05) is 0 Å². The third-order valence-electron chi connectivity index (χ3n) is 4.94. The summed E-state index contributed by atoms with van der Waals surface area (Å²) in [7, 11) is -3.66. The van der Waals surface area contributed by atoms with Crippen molar-refractivity contribution in [1.29, 1.82) is 0 Å². The fourth-order valence-electron chi connectivity index (χ4n) is 3.15. The molecule has 0 unspecified atom stereocenters. The summed E-state index contributed by atoms with van der Waals surface area (Å²) in [5, 5.41) is 15.0. The van der Waals surface area contributed by atoms with Gasteiger partial charge in [0, 0.05) is 23.8 Å². The van der Waals surface area contributed by atoms with Crippen molar-refractivity contribution in [2.24, 2.45) is 0 Å². The molecule has 1 aromatic heterocycles. The Morgan fingerprint density at radius 2 is 1.69 bits per heavy atom. The monoisotopic (exact) mass is 553 g/mol. The van der Waals surface area contributed by atoms with Crippen LogP contribution in [0.4, 0.5) is 23.0 Å². The van der Waals surface area contributed by atoms with Gasteiger partial charge in [0.1, 0.15) is 6.33 Å². The van der Waals surface area contributed by atoms with Crippen LogP contribution in [0.15, 0.2) is 53.7 Å². The highest BCUT2D eigenvalue weighted by Crippen LogP contribution is 2.31. The molecule has 1 amide bonds. The fraction of sp³-hybridized carbons (Fsp3) is 0.190. The molecule has 3 rings (SSSR count). The number of amides is 1. The summed E-state index contributed by atoms with van der Waals surface area (Å²) < 4.78 is 26.6. The normalized spacial score (nSPS) is 11.2. The lowest BCUT2D eigenvalue weighted by molar-refractivity contribution is -0.383. The van der Waals surface area contributed by atoms with Crippen LogP contribution in [0.1, 0.15) is 24.2 Å². The average molecular weight is 554 g/mol. The summed E-state index contributed by atoms with van der Waals surface area (Å²) in [6, 6.07) is 9.94. The summed E-state index contributed by atoms with van der Waals surface area (Å²) >= 11 is 11.8. The first-order valence-electron chi connectivity index (χ1n) is 10.5. The molecule has 3 aromatic rings. The fourth-order valence-corrected chi connectivity index (χ4v) is 5.10. The molecule has 0 aliphatic rings. The highest BCUT2D eigenvalue weighted by molar-refractivity contribution is 7.89. The van der Waals surface area contributed by atoms with E-state index in [-0.39, 0.29) is 27.1 Å². The minimum Gasteiger partial charge on any atom is -0.334 e. The smallest absolute Gasteiger partial charge is 0.334 e. The summed E-state index contributed by atoms with van der Waals surface area (Å²) in [5.41, 5.74) is 4.58. The van der Waals surface area contributed by atoms with E-state index in [1.165, 1.54) is 46.8 Å². The van der Waals surface area contributed by atoms with E-state index in [2.05, 4.69) is 26.1 Å². The van der Waals surface area contributed by atoms with Gasteiger partial charge in [0.15, 0.2) is 0 Å². The molecule has 15 heteroatoms. The van der Waals surface area contributed by atoms with Crippen LogP contribution in [0.5, 0.6) is 0 Å². The first kappa shape index (κ1) is 27.1. The number of hydrogen-bond donors (Lipinski definition) is 3. The van der Waals surface area contributed by atoms with Gasteiger partial charge in [-0.1, -0.05) is 37.0 Å². The van der Waals surface area contributed by atoms with E-state index in [0.717, 1.165) is 6.33 Å². The number of sulfonamides is 1. The van der Waals surface area contributed by atoms with E-state index >= 15 is 0 Å². The summed E-state index contributed by atoms with van der Waals surface area (Å²) in [5.74, 6) is -1.16. The summed E-state index contributed by atoms with van der Waals surface area (Å²) in [6.45, 7) is 4.12. The Kier molecular flexibility index (Phi) is 8.63. The van der Waals surface area contributed by atoms with Gasteiger partial charge in [-0.25, -0.2) is 18.4 Å². The largest absolute Gasteiger partial charge is 0.355 e. The number of benzene rings is 2. The maximum Gasteiger partial charge on any atom is 0.355 e. The maximum absolute atomic E-state index is 12.7. The quantitative estimate of drug-likeness (QED) is 0.246. The number of aromatic nitrogens is 2. The number of carbonyl (C=O) groups excluding carboxylic acids is 1. The lowest BCUT2D eigenvalue weighted by atomic mass is 10.2. The molecule has 0 aliphatic carbocycles. The van der Waals surface area contributed by atoms with Gasteiger partial charge < -0.3 is 5.32 Å². The number of nitrogens with zero attached hydrogens (tertiary/aromatic N) is 4. The van der Waals surface area contributed by atoms with Crippen LogP contribution in [0.2, 0.25) is 10.0 Å². The van der Waals surface area contributed by atoms with Gasteiger partial charge in [0.25, 0.3) is 5.91 Å². The van der Waals surface area contributed by atoms with Crippen LogP contribution in [-0.2, 0) is 10.0 Å². The van der Waals surface area contributed by atoms with Gasteiger partial charge >= 0.3 is 5.69 Å². The molecule has 12 nitrogen and oxygen atoms in total. The van der Waals surface area contributed by atoms with Crippen LogP contribution in [-0.4, -0.2) is 46.6 Å². The van der Waals surface area contributed by atoms with Crippen LogP contribution in [0.25, 0.3) is 0 Å². The summed E-state index contributed by atoms with van der Waals surface area (Å²) in [4.78, 5) is 31.3. The molecule has 2 aromatic carbocycles. The molecule has 0 aliphatic heterocycles. The third-order valence-corrected chi connectivity index (χ3v) is 7.55. The molecule has 36 heavy (non-hydrogen) atoms. The van der Waals surface area contributed by atoms with E-state index < -0.39 is 26.5 Å². The Morgan fingerprint density at radius 1 is 1.06 bits per heavy atom. The van der Waals surface area contributed by atoms with Crippen molar-refractivity contribution in [3.8, 4) is 0 Å². The first-order chi connectivity index (χ1) is 17.1. The minimum absolute atomic E-state index is 0.0832. The zero-order valence-corrected chi connectivity index (χ0v) is 21.4. The van der Waals surface area contributed by atoms with Crippen molar-refractivity contribution in [3.63, 3.8) is 0 Å². The average Bonchev–Trinajstić information content (AvgIpc) is 2.83. The zero-order valence-electron chi connectivity index (χ0n) is 19.0. The van der Waals surface area contributed by atoms with Crippen LogP contribution in [0.3, 0.4) is 0 Å². The third kappa shape index (κ3) is 5.99. The highest BCUT2D eigenvalue weighted by atomic mass is 35.5.